The molecule has 0 aliphatic rings. The molecule has 1 aromatic heterocycles. The largest absolute Gasteiger partial charge is 0.384 e. The molecule has 0 aromatic carbocycles. The first-order valence-corrected chi connectivity index (χ1v) is 6.82. The minimum atomic E-state index is 0.579. The lowest BCUT2D eigenvalue weighted by Crippen LogP contribution is -2.04. The van der Waals surface area contributed by atoms with Crippen LogP contribution in [0.1, 0.15) is 58.1 Å². The predicted molar refractivity (Wildman–Crippen MR) is 72.7 cm³/mol. The number of hydrogen-bond donors (Lipinski definition) is 1. The van der Waals surface area contributed by atoms with E-state index in [0.717, 1.165) is 18.0 Å². The van der Waals surface area contributed by atoms with Crippen molar-refractivity contribution in [3.8, 4) is 0 Å². The highest BCUT2D eigenvalue weighted by Gasteiger charge is 2.08. The fourth-order valence-corrected chi connectivity index (χ4v) is 2.24. The molecule has 1 aromatic rings. The highest BCUT2D eigenvalue weighted by molar-refractivity contribution is 5.27. The minimum absolute atomic E-state index is 0.579. The lowest BCUT2D eigenvalue weighted by atomic mass is 9.92. The van der Waals surface area contributed by atoms with Gasteiger partial charge in [0.05, 0.1) is 0 Å². The van der Waals surface area contributed by atoms with Crippen LogP contribution in [0.4, 0.5) is 5.82 Å². The number of aromatic nitrogens is 2. The lowest BCUT2D eigenvalue weighted by Gasteiger charge is -2.15. The monoisotopic (exact) mass is 235 g/mol. The maximum Gasteiger partial charge on any atom is 0.126 e. The van der Waals surface area contributed by atoms with Gasteiger partial charge in [0.1, 0.15) is 12.1 Å². The van der Waals surface area contributed by atoms with E-state index in [1.165, 1.54) is 38.5 Å². The molecule has 0 aliphatic carbocycles. The van der Waals surface area contributed by atoms with Gasteiger partial charge in [-0.1, -0.05) is 46.0 Å². The summed E-state index contributed by atoms with van der Waals surface area (Å²) in [5.74, 6) is 1.42. The van der Waals surface area contributed by atoms with Crippen molar-refractivity contribution in [3.63, 3.8) is 0 Å². The van der Waals surface area contributed by atoms with Gasteiger partial charge in [-0.2, -0.15) is 0 Å². The zero-order valence-corrected chi connectivity index (χ0v) is 11.2. The Labute approximate surface area is 105 Å². The molecule has 0 spiro atoms. The molecule has 2 N–H and O–H groups in total. The zero-order chi connectivity index (χ0) is 12.5. The Hall–Kier alpha value is -1.12. The number of rotatable bonds is 8. The Balaban J connectivity index is 2.39. The van der Waals surface area contributed by atoms with Crippen LogP contribution in [-0.4, -0.2) is 9.97 Å². The van der Waals surface area contributed by atoms with E-state index in [9.17, 15) is 0 Å². The number of nitrogens with zero attached hydrogens (tertiary/aromatic N) is 2. The third kappa shape index (κ3) is 5.66. The van der Waals surface area contributed by atoms with Crippen LogP contribution in [0.15, 0.2) is 12.4 Å². The number of hydrogen-bond acceptors (Lipinski definition) is 3. The Morgan fingerprint density at radius 3 is 2.59 bits per heavy atom. The third-order valence-corrected chi connectivity index (χ3v) is 3.22. The van der Waals surface area contributed by atoms with Crippen molar-refractivity contribution in [1.82, 2.24) is 9.97 Å². The highest BCUT2D eigenvalue weighted by Crippen LogP contribution is 2.20. The van der Waals surface area contributed by atoms with Crippen LogP contribution in [0.5, 0.6) is 0 Å². The lowest BCUT2D eigenvalue weighted by molar-refractivity contribution is 0.401. The second-order valence-corrected chi connectivity index (χ2v) is 4.77. The van der Waals surface area contributed by atoms with Gasteiger partial charge in [-0.3, -0.25) is 0 Å². The number of unbranched alkanes of at least 4 members (excludes halogenated alkanes) is 1. The van der Waals surface area contributed by atoms with E-state index in [1.807, 2.05) is 6.07 Å². The molecule has 96 valence electrons. The second-order valence-electron chi connectivity index (χ2n) is 4.77. The Kier molecular flexibility index (Phi) is 6.60. The minimum Gasteiger partial charge on any atom is -0.384 e. The summed E-state index contributed by atoms with van der Waals surface area (Å²) in [4.78, 5) is 8.18. The standard InChI is InChI=1S/C14H25N3/c1-3-5-7-12(6-4-2)8-9-13-10-14(15)17-11-16-13/h10-12H,3-9H2,1-2H3,(H2,15,16,17). The SMILES string of the molecule is CCCCC(CCC)CCc1cc(N)ncn1. The first kappa shape index (κ1) is 13.9. The van der Waals surface area contributed by atoms with E-state index in [2.05, 4.69) is 23.8 Å². The van der Waals surface area contributed by atoms with Crippen LogP contribution in [-0.2, 0) is 6.42 Å². The van der Waals surface area contributed by atoms with Crippen LogP contribution in [0.2, 0.25) is 0 Å². The van der Waals surface area contributed by atoms with Crippen molar-refractivity contribution >= 4 is 5.82 Å². The van der Waals surface area contributed by atoms with Gasteiger partial charge in [0.25, 0.3) is 0 Å². The molecule has 17 heavy (non-hydrogen) atoms. The predicted octanol–water partition coefficient (Wildman–Crippen LogP) is 3.60. The van der Waals surface area contributed by atoms with Crippen LogP contribution in [0, 0.1) is 5.92 Å². The van der Waals surface area contributed by atoms with Gasteiger partial charge in [-0.15, -0.1) is 0 Å². The van der Waals surface area contributed by atoms with Gasteiger partial charge in [0, 0.05) is 11.8 Å². The first-order valence-electron chi connectivity index (χ1n) is 6.82. The van der Waals surface area contributed by atoms with Crippen LogP contribution in [0.25, 0.3) is 0 Å². The molecule has 0 bridgehead atoms. The summed E-state index contributed by atoms with van der Waals surface area (Å²) < 4.78 is 0. The maximum absolute atomic E-state index is 5.65. The van der Waals surface area contributed by atoms with E-state index in [-0.39, 0.29) is 0 Å². The highest BCUT2D eigenvalue weighted by atomic mass is 14.9. The van der Waals surface area contributed by atoms with E-state index >= 15 is 0 Å². The van der Waals surface area contributed by atoms with E-state index < -0.39 is 0 Å². The number of nitrogens with two attached hydrogens (primary N) is 1. The number of nitrogen functional groups attached to an aromatic ring is 1. The Bertz CT molecular complexity index is 312. The fraction of sp³-hybridized carbons (Fsp3) is 0.714. The average Bonchev–Trinajstić information content (AvgIpc) is 2.33. The molecule has 0 radical (unpaired) electrons. The molecule has 0 fully saturated rings. The summed E-state index contributed by atoms with van der Waals surface area (Å²) in [7, 11) is 0. The van der Waals surface area contributed by atoms with E-state index in [1.54, 1.807) is 6.33 Å². The molecular formula is C14H25N3. The first-order chi connectivity index (χ1) is 8.26. The molecule has 0 saturated heterocycles. The molecular weight excluding hydrogens is 210 g/mol. The molecule has 1 unspecified atom stereocenters. The van der Waals surface area contributed by atoms with Crippen molar-refractivity contribution in [2.75, 3.05) is 5.73 Å². The molecule has 3 nitrogen and oxygen atoms in total. The van der Waals surface area contributed by atoms with Crippen molar-refractivity contribution < 1.29 is 0 Å². The molecule has 1 heterocycles. The molecule has 3 heteroatoms. The van der Waals surface area contributed by atoms with Gasteiger partial charge in [0.15, 0.2) is 0 Å². The van der Waals surface area contributed by atoms with Crippen LogP contribution < -0.4 is 5.73 Å². The fourth-order valence-electron chi connectivity index (χ4n) is 2.24. The molecule has 1 rings (SSSR count). The van der Waals surface area contributed by atoms with Crippen molar-refractivity contribution in [3.05, 3.63) is 18.1 Å². The molecule has 0 saturated carbocycles. The van der Waals surface area contributed by atoms with Gasteiger partial charge in [0.2, 0.25) is 0 Å². The maximum atomic E-state index is 5.65. The normalized spacial score (nSPS) is 12.6. The molecule has 0 amide bonds. The Morgan fingerprint density at radius 1 is 1.12 bits per heavy atom. The van der Waals surface area contributed by atoms with E-state index in [0.29, 0.717) is 5.82 Å². The average molecular weight is 235 g/mol. The summed E-state index contributed by atoms with van der Waals surface area (Å²) >= 11 is 0. The van der Waals surface area contributed by atoms with Gasteiger partial charge in [-0.25, -0.2) is 9.97 Å². The van der Waals surface area contributed by atoms with Gasteiger partial charge >= 0.3 is 0 Å². The summed E-state index contributed by atoms with van der Waals surface area (Å²) in [6.45, 7) is 4.52. The van der Waals surface area contributed by atoms with Gasteiger partial charge < -0.3 is 5.73 Å². The van der Waals surface area contributed by atoms with Gasteiger partial charge in [-0.05, 0) is 18.8 Å². The van der Waals surface area contributed by atoms with Crippen LogP contribution in [0.3, 0.4) is 0 Å². The van der Waals surface area contributed by atoms with E-state index in [4.69, 9.17) is 5.73 Å². The summed E-state index contributed by atoms with van der Waals surface area (Å²) in [5.41, 5.74) is 6.73. The summed E-state index contributed by atoms with van der Waals surface area (Å²) in [6, 6.07) is 1.89. The van der Waals surface area contributed by atoms with Crippen molar-refractivity contribution in [1.29, 1.82) is 0 Å². The summed E-state index contributed by atoms with van der Waals surface area (Å²) in [6.07, 6.45) is 10.4. The topological polar surface area (TPSA) is 51.8 Å². The zero-order valence-electron chi connectivity index (χ0n) is 11.2. The second kappa shape index (κ2) is 8.04. The van der Waals surface area contributed by atoms with Crippen molar-refractivity contribution in [2.24, 2.45) is 5.92 Å². The quantitative estimate of drug-likeness (QED) is 0.749. The molecule has 0 aliphatic heterocycles. The number of anilines is 1. The molecule has 1 atom stereocenters. The Morgan fingerprint density at radius 2 is 1.94 bits per heavy atom. The third-order valence-electron chi connectivity index (χ3n) is 3.22. The van der Waals surface area contributed by atoms with Crippen LogP contribution >= 0.6 is 0 Å². The summed E-state index contributed by atoms with van der Waals surface area (Å²) in [5, 5.41) is 0. The van der Waals surface area contributed by atoms with Crippen molar-refractivity contribution in [2.45, 2.75) is 58.8 Å². The number of aryl methyl sites for hydroxylation is 1. The smallest absolute Gasteiger partial charge is 0.126 e.